The van der Waals surface area contributed by atoms with E-state index in [-0.39, 0.29) is 5.41 Å². The Morgan fingerprint density at radius 2 is 0.635 bits per heavy atom. The fourth-order valence-electron chi connectivity index (χ4n) is 14.7. The van der Waals surface area contributed by atoms with Crippen LogP contribution < -0.4 is 20.0 Å². The average molecular weight is 1970 g/mol. The van der Waals surface area contributed by atoms with Crippen LogP contribution in [0.3, 0.4) is 0 Å². The number of nitrogens with zero attached hydrogens (tertiary/aromatic N) is 3. The van der Waals surface area contributed by atoms with E-state index >= 15 is 0 Å². The predicted molar refractivity (Wildman–Crippen MR) is 557 cm³/mol. The maximum absolute atomic E-state index is 12.1. The van der Waals surface area contributed by atoms with E-state index in [9.17, 15) is 4.57 Å². The van der Waals surface area contributed by atoms with Gasteiger partial charge in [-0.1, -0.05) is 260 Å². The molecule has 0 amide bonds. The van der Waals surface area contributed by atoms with E-state index < -0.39 is 15.7 Å². The number of carbonyl (C=O) groups is 2. The lowest BCUT2D eigenvalue weighted by atomic mass is 9.82. The fraction of sp³-hybridized carbons (Fsp3) is 0.200. The van der Waals surface area contributed by atoms with Crippen molar-refractivity contribution in [2.45, 2.75) is 112 Å². The molecule has 0 bridgehead atoms. The number of anilines is 11. The first-order chi connectivity index (χ1) is 60.7. The zero-order chi connectivity index (χ0) is 91.3. The van der Waals surface area contributed by atoms with Crippen LogP contribution in [-0.4, -0.2) is 46.7 Å². The van der Waals surface area contributed by atoms with Gasteiger partial charge in [0.05, 0.1) is 27.0 Å². The molecule has 126 heavy (non-hydrogen) atoms. The van der Waals surface area contributed by atoms with E-state index in [4.69, 9.17) is 23.2 Å². The van der Waals surface area contributed by atoms with E-state index in [1.165, 1.54) is 112 Å². The van der Waals surface area contributed by atoms with Gasteiger partial charge in [0.25, 0.3) is 0 Å². The van der Waals surface area contributed by atoms with E-state index in [1.807, 2.05) is 84.1 Å². The second-order valence-corrected chi connectivity index (χ2v) is 39.0. The van der Waals surface area contributed by atoms with Crippen molar-refractivity contribution < 1.29 is 27.7 Å². The third-order valence-corrected chi connectivity index (χ3v) is 24.7. The molecule has 1 N–H and O–H groups in total. The molecule has 0 aliphatic heterocycles. The molecule has 1 aliphatic rings. The van der Waals surface area contributed by atoms with E-state index in [1.54, 1.807) is 0 Å². The van der Waals surface area contributed by atoms with Gasteiger partial charge in [0.1, 0.15) is 13.6 Å². The standard InChI is InChI=1S/C37H32BrN.C23H26NOP.C21H20BrN.C14H15N.C7H6Br2.C6H15O3P.2CH2O/c1-25-20-26(2)22-32(21-25)39(30-8-6-5-7-9-30)31-16-12-27(13-17-31)10-11-28-14-18-33-34-19-15-29(38)24-36(34)37(3,4)35(33)23-28;1-18-14-19(2)16-23(15-18)24(21-8-6-5-7-9-21)22-12-10-20(11-13-22)17-26(3,4)25;1-16-12-17(2)14-21(13-16)23(19-6-4-3-5-7-19)20-10-8-18(15-22)9-11-20;1-11-8-12(2)10-14(9-11)15-13-6-4-3-5-7-13;8-5-6-1-3-7(9)4-2-6;1-4-7-10(8-5-2)9-6-3;2*1-2/h5-24H,1-4H3;5-16H,17H2,1-4H3;3-14H,15H2,1-2H3;3-10,15H,1-2H3;1-4H,5H2;4-6H2,1-3H3;2*1H2/b11-10+;;;;;;;. The van der Waals surface area contributed by atoms with E-state index in [2.05, 4.69) is 456 Å². The number of fused-ring (bicyclic) bond motifs is 3. The summed E-state index contributed by atoms with van der Waals surface area (Å²) in [5.74, 6) is 0. The number of hydrogen-bond acceptors (Lipinski definition) is 10. The number of aryl methyl sites for hydroxylation is 8. The highest BCUT2D eigenvalue weighted by molar-refractivity contribution is 9.11. The lowest BCUT2D eigenvalue weighted by molar-refractivity contribution is -0.0987. The average Bonchev–Trinajstić information content (AvgIpc) is 1.58. The minimum Gasteiger partial charge on any atom is -0.356 e. The Labute approximate surface area is 785 Å². The normalized spacial score (nSPS) is 11.2. The van der Waals surface area contributed by atoms with Crippen molar-refractivity contribution in [2.75, 3.05) is 53.2 Å². The molecular weight excluding hydrogens is 1850 g/mol. The molecule has 0 saturated carbocycles. The Morgan fingerprint density at radius 1 is 0.341 bits per heavy atom. The van der Waals surface area contributed by atoms with Crippen molar-refractivity contribution >= 4 is 168 Å². The van der Waals surface area contributed by atoms with Gasteiger partial charge in [-0.2, -0.15) is 0 Å². The largest absolute Gasteiger partial charge is 0.356 e. The Bertz CT molecular complexity index is 5650. The summed E-state index contributed by atoms with van der Waals surface area (Å²) in [5.41, 5.74) is 34.4. The summed E-state index contributed by atoms with van der Waals surface area (Å²) in [7, 11) is -3.13. The molecule has 0 atom stereocenters. The summed E-state index contributed by atoms with van der Waals surface area (Å²) >= 11 is 13.9. The first-order valence-electron chi connectivity index (χ1n) is 42.0. The van der Waals surface area contributed by atoms with Crippen LogP contribution in [0.25, 0.3) is 23.3 Å². The van der Waals surface area contributed by atoms with Gasteiger partial charge in [-0.05, 0) is 342 Å². The van der Waals surface area contributed by atoms with Gasteiger partial charge >= 0.3 is 8.60 Å². The minimum atomic E-state index is -2.07. The third-order valence-electron chi connectivity index (χ3n) is 19.9. The molecule has 10 nitrogen and oxygen atoms in total. The molecule has 15 rings (SSSR count). The third kappa shape index (κ3) is 31.4. The van der Waals surface area contributed by atoms with Crippen molar-refractivity contribution in [3.8, 4) is 11.1 Å². The number of benzene rings is 14. The van der Waals surface area contributed by atoms with Crippen molar-refractivity contribution in [1.29, 1.82) is 0 Å². The summed E-state index contributed by atoms with van der Waals surface area (Å²) in [6, 6.07) is 116. The number of para-hydroxylation sites is 4. The molecule has 652 valence electrons. The number of hydrogen-bond donors (Lipinski definition) is 1. The second-order valence-electron chi connectivity index (χ2n) is 31.4. The van der Waals surface area contributed by atoms with Crippen LogP contribution in [0.2, 0.25) is 0 Å². The maximum Gasteiger partial charge on any atom is 0.332 e. The molecule has 0 radical (unpaired) electrons. The Hall–Kier alpha value is -10.2. The van der Waals surface area contributed by atoms with Crippen molar-refractivity contribution in [2.24, 2.45) is 0 Å². The molecule has 0 saturated heterocycles. The molecule has 0 unspecified atom stereocenters. The van der Waals surface area contributed by atoms with Crippen molar-refractivity contribution in [1.82, 2.24) is 0 Å². The fourth-order valence-corrected chi connectivity index (χ4v) is 18.1. The highest BCUT2D eigenvalue weighted by Crippen LogP contribution is 2.50. The van der Waals surface area contributed by atoms with Crippen molar-refractivity contribution in [3.63, 3.8) is 0 Å². The summed E-state index contributed by atoms with van der Waals surface area (Å²) in [5, 5.41) is 5.19. The summed E-state index contributed by atoms with van der Waals surface area (Å²) < 4.78 is 29.8. The lowest BCUT2D eigenvalue weighted by Crippen LogP contribution is -2.15. The van der Waals surface area contributed by atoms with Crippen LogP contribution in [0.5, 0.6) is 0 Å². The molecule has 14 aromatic carbocycles. The molecule has 0 aromatic heterocycles. The Morgan fingerprint density at radius 3 is 0.992 bits per heavy atom. The Kier molecular flexibility index (Phi) is 41.4. The minimum absolute atomic E-state index is 0.0189. The zero-order valence-corrected chi connectivity index (χ0v) is 83.3. The summed E-state index contributed by atoms with van der Waals surface area (Å²) in [6.45, 7) is 37.1. The number of carbonyl (C=O) groups excluding carboxylic acids is 2. The molecule has 1 aliphatic carbocycles. The number of halogens is 4. The molecule has 16 heteroatoms. The van der Waals surface area contributed by atoms with Gasteiger partial charge in [0.15, 0.2) is 0 Å². The highest BCUT2D eigenvalue weighted by Gasteiger charge is 2.35. The van der Waals surface area contributed by atoms with Crippen LogP contribution in [0.15, 0.2) is 337 Å². The van der Waals surface area contributed by atoms with Gasteiger partial charge in [-0.3, -0.25) is 0 Å². The highest BCUT2D eigenvalue weighted by atomic mass is 79.9. The number of alkyl halides is 2. The van der Waals surface area contributed by atoms with Crippen LogP contribution >= 0.6 is 79.5 Å². The quantitative estimate of drug-likeness (QED) is 0.0379. The molecule has 0 heterocycles. The molecule has 0 fully saturated rings. The van der Waals surface area contributed by atoms with E-state index in [0.29, 0.717) is 26.0 Å². The lowest BCUT2D eigenvalue weighted by Gasteiger charge is -2.26. The second kappa shape index (κ2) is 51.6. The summed E-state index contributed by atoms with van der Waals surface area (Å²) in [6.07, 6.45) is 5.08. The summed E-state index contributed by atoms with van der Waals surface area (Å²) in [4.78, 5) is 22.9. The van der Waals surface area contributed by atoms with Crippen LogP contribution in [0.1, 0.15) is 118 Å². The molecular formula is C110H118Br4N4O6P2. The Balaban J connectivity index is 0.000000199. The first-order valence-corrected chi connectivity index (χ1v) is 49.7. The van der Waals surface area contributed by atoms with Crippen LogP contribution in [0, 0.1) is 55.4 Å². The van der Waals surface area contributed by atoms with Gasteiger partial charge < -0.3 is 47.7 Å². The molecule has 0 spiro atoms. The van der Waals surface area contributed by atoms with Gasteiger partial charge in [0.2, 0.25) is 0 Å². The van der Waals surface area contributed by atoms with Crippen LogP contribution in [-0.2, 0) is 50.0 Å². The number of rotatable bonds is 23. The SMILES string of the molecule is BrCc1ccc(Br)cc1.C=O.C=O.CCOP(OCC)OCC.Cc1cc(C)cc(N(c2ccccc2)c2ccc(/C=C/c3ccc4c(c3)C(C)(C)c3cc(Br)ccc3-4)cc2)c1.Cc1cc(C)cc(N(c2ccccc2)c2ccc(CBr)cc2)c1.Cc1cc(C)cc(N(c2ccccc2)c2ccc(CP(C)(C)=O)cc2)c1.Cc1cc(C)cc(Nc2ccccc2)c1. The van der Waals surface area contributed by atoms with E-state index in [0.717, 1.165) is 65.0 Å². The molecule has 14 aromatic rings. The van der Waals surface area contributed by atoms with Crippen LogP contribution in [0.4, 0.5) is 62.6 Å². The number of nitrogens with one attached hydrogen (secondary N) is 1. The topological polar surface area (TPSA) is 101 Å². The van der Waals surface area contributed by atoms with Gasteiger partial charge in [-0.15, -0.1) is 0 Å². The van der Waals surface area contributed by atoms with Gasteiger partial charge in [-0.25, -0.2) is 0 Å². The van der Waals surface area contributed by atoms with Crippen molar-refractivity contribution in [3.05, 3.63) is 420 Å². The first kappa shape index (κ1) is 101. The smallest absolute Gasteiger partial charge is 0.332 e. The monoisotopic (exact) mass is 1970 g/mol. The maximum atomic E-state index is 12.1. The van der Waals surface area contributed by atoms with Gasteiger partial charge in [0, 0.05) is 93.7 Å². The zero-order valence-electron chi connectivity index (χ0n) is 75.2. The predicted octanol–water partition coefficient (Wildman–Crippen LogP) is 33.9.